The van der Waals surface area contributed by atoms with Crippen LogP contribution in [0.4, 0.5) is 4.39 Å². The lowest BCUT2D eigenvalue weighted by atomic mass is 10.0. The van der Waals surface area contributed by atoms with Crippen molar-refractivity contribution in [3.8, 4) is 11.1 Å². The van der Waals surface area contributed by atoms with Gasteiger partial charge in [-0.05, 0) is 23.6 Å². The molecule has 88 valence electrons. The van der Waals surface area contributed by atoms with Gasteiger partial charge in [-0.15, -0.1) is 11.6 Å². The highest BCUT2D eigenvalue weighted by Gasteiger charge is 2.13. The molecule has 0 N–H and O–H groups in total. The normalized spacial score (nSPS) is 10.5. The summed E-state index contributed by atoms with van der Waals surface area (Å²) in [5, 5.41) is 0.455. The van der Waals surface area contributed by atoms with Crippen LogP contribution < -0.4 is 0 Å². The van der Waals surface area contributed by atoms with Crippen molar-refractivity contribution in [1.82, 2.24) is 0 Å². The molecule has 2 aromatic rings. The zero-order valence-electron chi connectivity index (χ0n) is 9.09. The van der Waals surface area contributed by atoms with Crippen molar-refractivity contribution in [2.24, 2.45) is 0 Å². The quantitative estimate of drug-likeness (QED) is 0.693. The Bertz CT molecular complexity index is 509. The van der Waals surface area contributed by atoms with E-state index in [4.69, 9.17) is 23.2 Å². The molecule has 17 heavy (non-hydrogen) atoms. The molecule has 3 heteroatoms. The van der Waals surface area contributed by atoms with Crippen LogP contribution in [-0.2, 0) is 6.42 Å². The number of hydrogen-bond donors (Lipinski definition) is 0. The first kappa shape index (κ1) is 12.4. The summed E-state index contributed by atoms with van der Waals surface area (Å²) < 4.78 is 13.8. The number of aryl methyl sites for hydroxylation is 1. The largest absolute Gasteiger partial charge is 0.206 e. The van der Waals surface area contributed by atoms with Crippen molar-refractivity contribution in [2.45, 2.75) is 6.42 Å². The predicted molar refractivity (Wildman–Crippen MR) is 71.3 cm³/mol. The molecule has 0 bridgehead atoms. The minimum Gasteiger partial charge on any atom is -0.206 e. The lowest BCUT2D eigenvalue weighted by molar-refractivity contribution is 0.630. The zero-order chi connectivity index (χ0) is 12.3. The Balaban J connectivity index is 2.56. The lowest BCUT2D eigenvalue weighted by Gasteiger charge is -2.10. The first-order valence-electron chi connectivity index (χ1n) is 5.32. The fraction of sp³-hybridized carbons (Fsp3) is 0.143. The number of hydrogen-bond acceptors (Lipinski definition) is 0. The molecule has 2 aromatic carbocycles. The van der Waals surface area contributed by atoms with Gasteiger partial charge in [0, 0.05) is 11.4 Å². The molecule has 0 amide bonds. The number of rotatable bonds is 3. The molecule has 0 radical (unpaired) electrons. The molecule has 0 aliphatic rings. The van der Waals surface area contributed by atoms with E-state index >= 15 is 0 Å². The average molecular weight is 269 g/mol. The molecule has 0 aromatic heterocycles. The minimum atomic E-state index is -0.306. The van der Waals surface area contributed by atoms with Crippen molar-refractivity contribution in [3.05, 3.63) is 58.9 Å². The van der Waals surface area contributed by atoms with E-state index in [1.54, 1.807) is 6.07 Å². The molecular formula is C14H11Cl2F. The minimum absolute atomic E-state index is 0.306. The Morgan fingerprint density at radius 1 is 1.00 bits per heavy atom. The second-order valence-electron chi connectivity index (χ2n) is 3.70. The molecule has 0 saturated carbocycles. The van der Waals surface area contributed by atoms with Crippen LogP contribution in [0.1, 0.15) is 5.56 Å². The highest BCUT2D eigenvalue weighted by atomic mass is 35.5. The Labute approximate surface area is 110 Å². The summed E-state index contributed by atoms with van der Waals surface area (Å²) in [6.07, 6.45) is 0.639. The average Bonchev–Trinajstić information content (AvgIpc) is 2.35. The monoisotopic (exact) mass is 268 g/mol. The molecule has 0 aliphatic heterocycles. The van der Waals surface area contributed by atoms with Crippen LogP contribution in [0.2, 0.25) is 5.02 Å². The maximum Gasteiger partial charge on any atom is 0.132 e. The van der Waals surface area contributed by atoms with E-state index in [-0.39, 0.29) is 5.82 Å². The molecular weight excluding hydrogens is 258 g/mol. The second-order valence-corrected chi connectivity index (χ2v) is 4.46. The van der Waals surface area contributed by atoms with Gasteiger partial charge in [0.15, 0.2) is 0 Å². The first-order chi connectivity index (χ1) is 8.24. The van der Waals surface area contributed by atoms with Crippen LogP contribution in [0.3, 0.4) is 0 Å². The van der Waals surface area contributed by atoms with Gasteiger partial charge in [-0.25, -0.2) is 4.39 Å². The van der Waals surface area contributed by atoms with Gasteiger partial charge in [0.25, 0.3) is 0 Å². The summed E-state index contributed by atoms with van der Waals surface area (Å²) in [4.78, 5) is 0. The Hall–Kier alpha value is -1.05. The summed E-state index contributed by atoms with van der Waals surface area (Å²) in [7, 11) is 0. The topological polar surface area (TPSA) is 0 Å². The molecule has 0 fully saturated rings. The van der Waals surface area contributed by atoms with Crippen LogP contribution in [0.15, 0.2) is 42.5 Å². The highest BCUT2D eigenvalue weighted by molar-refractivity contribution is 6.34. The van der Waals surface area contributed by atoms with Crippen LogP contribution in [-0.4, -0.2) is 5.88 Å². The number of alkyl halides is 1. The molecule has 0 heterocycles. The van der Waals surface area contributed by atoms with Crippen molar-refractivity contribution < 1.29 is 4.39 Å². The van der Waals surface area contributed by atoms with Crippen LogP contribution in [0, 0.1) is 5.82 Å². The molecule has 0 aliphatic carbocycles. The van der Waals surface area contributed by atoms with Gasteiger partial charge in [0.05, 0.1) is 5.02 Å². The van der Waals surface area contributed by atoms with Crippen LogP contribution >= 0.6 is 23.2 Å². The zero-order valence-corrected chi connectivity index (χ0v) is 10.6. The highest BCUT2D eigenvalue weighted by Crippen LogP contribution is 2.33. The third-order valence-electron chi connectivity index (χ3n) is 2.60. The molecule has 0 nitrogen and oxygen atoms in total. The van der Waals surface area contributed by atoms with Crippen molar-refractivity contribution >= 4 is 23.2 Å². The van der Waals surface area contributed by atoms with Gasteiger partial charge < -0.3 is 0 Å². The van der Waals surface area contributed by atoms with E-state index in [9.17, 15) is 4.39 Å². The number of benzene rings is 2. The van der Waals surface area contributed by atoms with Gasteiger partial charge in [-0.1, -0.05) is 48.0 Å². The van der Waals surface area contributed by atoms with Crippen molar-refractivity contribution in [2.75, 3.05) is 5.88 Å². The summed E-state index contributed by atoms with van der Waals surface area (Å²) in [5.74, 6) is 0.166. The van der Waals surface area contributed by atoms with E-state index in [0.29, 0.717) is 22.9 Å². The standard InChI is InChI=1S/C14H11Cl2F/c15-9-8-11-6-7-12(17)13(14(11)16)10-4-2-1-3-5-10/h1-7H,8-9H2. The molecule has 2 rings (SSSR count). The second kappa shape index (κ2) is 5.52. The SMILES string of the molecule is Fc1ccc(CCCl)c(Cl)c1-c1ccccc1. The van der Waals surface area contributed by atoms with E-state index in [1.807, 2.05) is 30.3 Å². The third kappa shape index (κ3) is 2.62. The third-order valence-corrected chi connectivity index (χ3v) is 3.22. The molecule has 0 spiro atoms. The van der Waals surface area contributed by atoms with Gasteiger partial charge in [0.2, 0.25) is 0 Å². The smallest absolute Gasteiger partial charge is 0.132 e. The summed E-state index contributed by atoms with van der Waals surface area (Å²) in [5.41, 5.74) is 2.11. The maximum absolute atomic E-state index is 13.8. The Morgan fingerprint density at radius 3 is 2.35 bits per heavy atom. The van der Waals surface area contributed by atoms with Crippen molar-refractivity contribution in [1.29, 1.82) is 0 Å². The van der Waals surface area contributed by atoms with Gasteiger partial charge in [-0.2, -0.15) is 0 Å². The molecule has 0 saturated heterocycles. The Kier molecular flexibility index (Phi) is 4.03. The van der Waals surface area contributed by atoms with Gasteiger partial charge in [-0.3, -0.25) is 0 Å². The Morgan fingerprint density at radius 2 is 1.71 bits per heavy atom. The lowest BCUT2D eigenvalue weighted by Crippen LogP contribution is -1.93. The predicted octanol–water partition coefficient (Wildman–Crippen LogP) is 4.93. The van der Waals surface area contributed by atoms with Gasteiger partial charge >= 0.3 is 0 Å². The van der Waals surface area contributed by atoms with E-state index < -0.39 is 0 Å². The summed E-state index contributed by atoms with van der Waals surface area (Å²) >= 11 is 11.9. The summed E-state index contributed by atoms with van der Waals surface area (Å²) in [6.45, 7) is 0. The molecule has 0 unspecified atom stereocenters. The van der Waals surface area contributed by atoms with E-state index in [1.165, 1.54) is 6.07 Å². The van der Waals surface area contributed by atoms with E-state index in [0.717, 1.165) is 11.1 Å². The van der Waals surface area contributed by atoms with Crippen molar-refractivity contribution in [3.63, 3.8) is 0 Å². The number of halogens is 3. The van der Waals surface area contributed by atoms with Crippen LogP contribution in [0.25, 0.3) is 11.1 Å². The first-order valence-corrected chi connectivity index (χ1v) is 6.23. The summed E-state index contributed by atoms with van der Waals surface area (Å²) in [6, 6.07) is 12.4. The van der Waals surface area contributed by atoms with Gasteiger partial charge in [0.1, 0.15) is 5.82 Å². The maximum atomic E-state index is 13.8. The van der Waals surface area contributed by atoms with Crippen LogP contribution in [0.5, 0.6) is 0 Å². The fourth-order valence-electron chi connectivity index (χ4n) is 1.76. The molecule has 0 atom stereocenters. The van der Waals surface area contributed by atoms with E-state index in [2.05, 4.69) is 0 Å². The fourth-order valence-corrected chi connectivity index (χ4v) is 2.32.